The van der Waals surface area contributed by atoms with E-state index in [1.807, 2.05) is 31.2 Å². The van der Waals surface area contributed by atoms with Crippen molar-refractivity contribution in [1.29, 1.82) is 0 Å². The van der Waals surface area contributed by atoms with Crippen LogP contribution in [0.25, 0.3) is 0 Å². The van der Waals surface area contributed by atoms with Gasteiger partial charge in [0, 0.05) is 17.5 Å². The van der Waals surface area contributed by atoms with Gasteiger partial charge in [-0.15, -0.1) is 0 Å². The first-order valence-electron chi connectivity index (χ1n) is 10.7. The molecule has 2 N–H and O–H groups in total. The molecule has 4 rings (SSSR count). The zero-order chi connectivity index (χ0) is 23.2. The van der Waals surface area contributed by atoms with Crippen LogP contribution in [-0.4, -0.2) is 42.0 Å². The molecule has 0 fully saturated rings. The summed E-state index contributed by atoms with van der Waals surface area (Å²) in [7, 11) is 0. The van der Waals surface area contributed by atoms with Crippen molar-refractivity contribution in [1.82, 2.24) is 0 Å². The largest absolute Gasteiger partial charge is 0.486 e. The van der Waals surface area contributed by atoms with Crippen LogP contribution in [0.2, 0.25) is 0 Å². The van der Waals surface area contributed by atoms with E-state index in [0.717, 1.165) is 11.4 Å². The lowest BCUT2D eigenvalue weighted by Gasteiger charge is -2.19. The van der Waals surface area contributed by atoms with Gasteiger partial charge in [0.2, 0.25) is 5.91 Å². The highest BCUT2D eigenvalue weighted by Gasteiger charge is 2.21. The van der Waals surface area contributed by atoms with Crippen molar-refractivity contribution in [2.24, 2.45) is 4.99 Å². The number of hydrogen-bond acceptors (Lipinski definition) is 8. The molecule has 0 spiro atoms. The SMILES string of the molecule is CCOC(=O)CC1=CC(S[C@@H](C)C(=O)Nc2ccc3c(c2)OCCO3)=Nc2ccccc2N1. The maximum Gasteiger partial charge on any atom is 0.311 e. The average molecular weight is 468 g/mol. The highest BCUT2D eigenvalue weighted by atomic mass is 32.2. The molecule has 1 atom stereocenters. The molecule has 2 heterocycles. The van der Waals surface area contributed by atoms with Gasteiger partial charge < -0.3 is 24.8 Å². The molecule has 0 aromatic heterocycles. The van der Waals surface area contributed by atoms with Gasteiger partial charge in [0.05, 0.1) is 34.7 Å². The van der Waals surface area contributed by atoms with Crippen LogP contribution in [0.3, 0.4) is 0 Å². The summed E-state index contributed by atoms with van der Waals surface area (Å²) in [5, 5.41) is 6.35. The first-order chi connectivity index (χ1) is 16.0. The average Bonchev–Trinajstić information content (AvgIpc) is 2.97. The van der Waals surface area contributed by atoms with Gasteiger partial charge in [-0.2, -0.15) is 0 Å². The number of fused-ring (bicyclic) bond motifs is 2. The van der Waals surface area contributed by atoms with E-state index < -0.39 is 5.25 Å². The maximum atomic E-state index is 12.9. The molecule has 2 aromatic rings. The van der Waals surface area contributed by atoms with Crippen LogP contribution in [-0.2, 0) is 14.3 Å². The summed E-state index contributed by atoms with van der Waals surface area (Å²) >= 11 is 1.31. The molecule has 0 saturated heterocycles. The smallest absolute Gasteiger partial charge is 0.311 e. The summed E-state index contributed by atoms with van der Waals surface area (Å²) in [5.74, 6) is 0.774. The minimum atomic E-state index is -0.442. The van der Waals surface area contributed by atoms with Crippen molar-refractivity contribution in [2.75, 3.05) is 30.5 Å². The zero-order valence-corrected chi connectivity index (χ0v) is 19.2. The number of nitrogens with one attached hydrogen (secondary N) is 2. The Morgan fingerprint density at radius 2 is 1.97 bits per heavy atom. The number of aliphatic imine (C=N–C) groups is 1. The monoisotopic (exact) mass is 467 g/mol. The molecular weight excluding hydrogens is 442 g/mol. The van der Waals surface area contributed by atoms with Crippen LogP contribution >= 0.6 is 11.8 Å². The molecule has 8 nitrogen and oxygen atoms in total. The predicted octanol–water partition coefficient (Wildman–Crippen LogP) is 4.51. The summed E-state index contributed by atoms with van der Waals surface area (Å²) in [6.07, 6.45) is 1.87. The van der Waals surface area contributed by atoms with E-state index in [1.165, 1.54) is 11.8 Å². The van der Waals surface area contributed by atoms with Gasteiger partial charge >= 0.3 is 5.97 Å². The molecule has 2 aromatic carbocycles. The summed E-state index contributed by atoms with van der Waals surface area (Å²) in [4.78, 5) is 29.6. The van der Waals surface area contributed by atoms with Crippen molar-refractivity contribution in [3.05, 3.63) is 54.2 Å². The zero-order valence-electron chi connectivity index (χ0n) is 18.4. The third-order valence-corrected chi connectivity index (χ3v) is 5.86. The van der Waals surface area contributed by atoms with Crippen LogP contribution in [0.5, 0.6) is 11.5 Å². The van der Waals surface area contributed by atoms with E-state index in [4.69, 9.17) is 19.2 Å². The van der Waals surface area contributed by atoms with Crippen LogP contribution in [0, 0.1) is 0 Å². The highest BCUT2D eigenvalue weighted by Crippen LogP contribution is 2.34. The Kier molecular flexibility index (Phi) is 7.19. The minimum Gasteiger partial charge on any atom is -0.486 e. The molecule has 0 saturated carbocycles. The Labute approximate surface area is 196 Å². The number of para-hydroxylation sites is 2. The Bertz CT molecular complexity index is 1120. The Morgan fingerprint density at radius 1 is 1.18 bits per heavy atom. The first-order valence-corrected chi connectivity index (χ1v) is 11.6. The second-order valence-corrected chi connectivity index (χ2v) is 8.71. The number of esters is 1. The Hall–Kier alpha value is -3.46. The quantitative estimate of drug-likeness (QED) is 0.603. The van der Waals surface area contributed by atoms with E-state index in [2.05, 4.69) is 10.6 Å². The third kappa shape index (κ3) is 5.87. The predicted molar refractivity (Wildman–Crippen MR) is 130 cm³/mol. The van der Waals surface area contributed by atoms with Gasteiger partial charge in [0.25, 0.3) is 0 Å². The Morgan fingerprint density at radius 3 is 2.79 bits per heavy atom. The molecule has 9 heteroatoms. The maximum absolute atomic E-state index is 12.9. The summed E-state index contributed by atoms with van der Waals surface area (Å²) in [6.45, 7) is 4.89. The molecule has 33 heavy (non-hydrogen) atoms. The number of benzene rings is 2. The molecule has 2 aliphatic heterocycles. The van der Waals surface area contributed by atoms with Crippen LogP contribution in [0.4, 0.5) is 17.1 Å². The number of carbonyl (C=O) groups is 2. The standard InChI is InChI=1S/C24H25N3O5S/c1-3-30-23(28)14-17-13-22(27-19-7-5-4-6-18(19)25-17)33-15(2)24(29)26-16-8-9-20-21(12-16)32-11-10-31-20/h4-9,12-13,15,25H,3,10-11,14H2,1-2H3,(H,26,29)/t15-/m0/s1. The van der Waals surface area contributed by atoms with Crippen LogP contribution in [0.1, 0.15) is 20.3 Å². The van der Waals surface area contributed by atoms with Gasteiger partial charge in [-0.05, 0) is 44.2 Å². The molecule has 0 aliphatic carbocycles. The lowest BCUT2D eigenvalue weighted by molar-refractivity contribution is -0.142. The van der Waals surface area contributed by atoms with Crippen molar-refractivity contribution >= 4 is 45.7 Å². The van der Waals surface area contributed by atoms with Crippen molar-refractivity contribution in [2.45, 2.75) is 25.5 Å². The minimum absolute atomic E-state index is 0.0829. The van der Waals surface area contributed by atoms with Crippen molar-refractivity contribution < 1.29 is 23.8 Å². The van der Waals surface area contributed by atoms with Crippen LogP contribution < -0.4 is 20.1 Å². The van der Waals surface area contributed by atoms with Gasteiger partial charge in [0.15, 0.2) is 11.5 Å². The van der Waals surface area contributed by atoms with E-state index in [-0.39, 0.29) is 18.3 Å². The lowest BCUT2D eigenvalue weighted by atomic mass is 10.2. The molecular formula is C24H25N3O5S. The fourth-order valence-electron chi connectivity index (χ4n) is 3.31. The molecule has 172 valence electrons. The van der Waals surface area contributed by atoms with E-state index in [9.17, 15) is 9.59 Å². The summed E-state index contributed by atoms with van der Waals surface area (Å²) in [6, 6.07) is 12.9. The van der Waals surface area contributed by atoms with Gasteiger partial charge in [-0.1, -0.05) is 23.9 Å². The van der Waals surface area contributed by atoms with Crippen molar-refractivity contribution in [3.8, 4) is 11.5 Å². The molecule has 0 bridgehead atoms. The number of hydrogen-bond donors (Lipinski definition) is 2. The number of ether oxygens (including phenoxy) is 3. The number of nitrogens with zero attached hydrogens (tertiary/aromatic N) is 1. The lowest BCUT2D eigenvalue weighted by Crippen LogP contribution is -2.24. The second-order valence-electron chi connectivity index (χ2n) is 7.35. The molecule has 1 amide bonds. The summed E-state index contributed by atoms with van der Waals surface area (Å²) < 4.78 is 16.2. The Balaban J connectivity index is 1.48. The summed E-state index contributed by atoms with van der Waals surface area (Å²) in [5.41, 5.74) is 2.81. The molecule has 0 radical (unpaired) electrons. The van der Waals surface area contributed by atoms with E-state index >= 15 is 0 Å². The fourth-order valence-corrected chi connectivity index (χ4v) is 4.20. The topological polar surface area (TPSA) is 98.3 Å². The van der Waals surface area contributed by atoms with Gasteiger partial charge in [-0.3, -0.25) is 9.59 Å². The number of rotatable bonds is 6. The molecule has 2 aliphatic rings. The van der Waals surface area contributed by atoms with E-state index in [0.29, 0.717) is 47.7 Å². The van der Waals surface area contributed by atoms with E-state index in [1.54, 1.807) is 31.2 Å². The number of thioether (sulfide) groups is 1. The second kappa shape index (κ2) is 10.4. The highest BCUT2D eigenvalue weighted by molar-refractivity contribution is 8.15. The first kappa shape index (κ1) is 22.7. The van der Waals surface area contributed by atoms with Crippen molar-refractivity contribution in [3.63, 3.8) is 0 Å². The number of anilines is 2. The third-order valence-electron chi connectivity index (χ3n) is 4.84. The normalized spacial score (nSPS) is 15.1. The van der Waals surface area contributed by atoms with Gasteiger partial charge in [-0.25, -0.2) is 4.99 Å². The van der Waals surface area contributed by atoms with Gasteiger partial charge in [0.1, 0.15) is 13.2 Å². The fraction of sp³-hybridized carbons (Fsp3) is 0.292. The van der Waals surface area contributed by atoms with Crippen LogP contribution in [0.15, 0.2) is 59.2 Å². The number of carbonyl (C=O) groups excluding carboxylic acids is 2. The molecule has 0 unspecified atom stereocenters. The number of amides is 1.